The number of aliphatic hydroxyl groups is 2. The highest BCUT2D eigenvalue weighted by Crippen LogP contribution is 1.72. The molecule has 0 aromatic rings. The van der Waals surface area contributed by atoms with Crippen LogP contribution in [-0.2, 0) is 4.79 Å². The Morgan fingerprint density at radius 1 is 1.75 bits per heavy atom. The molecule has 0 unspecified atom stereocenters. The molecule has 0 saturated heterocycles. The van der Waals surface area contributed by atoms with E-state index in [1.807, 2.05) is 0 Å². The lowest BCUT2D eigenvalue weighted by atomic mass is 10.4. The van der Waals surface area contributed by atoms with E-state index in [0.29, 0.717) is 6.41 Å². The van der Waals surface area contributed by atoms with Gasteiger partial charge in [-0.1, -0.05) is 0 Å². The third-order valence-corrected chi connectivity index (χ3v) is 0.648. The van der Waals surface area contributed by atoms with E-state index in [-0.39, 0.29) is 13.2 Å². The number of hydrogen-bond donors (Lipinski definition) is 3. The van der Waals surface area contributed by atoms with Crippen molar-refractivity contribution in [1.82, 2.24) is 5.32 Å². The molecule has 0 aromatic heterocycles. The minimum Gasteiger partial charge on any atom is -0.394 e. The van der Waals surface area contributed by atoms with Crippen molar-refractivity contribution in [3.8, 4) is 0 Å². The van der Waals surface area contributed by atoms with Crippen LogP contribution in [0.3, 0.4) is 0 Å². The van der Waals surface area contributed by atoms with E-state index in [4.69, 9.17) is 10.2 Å². The number of carbonyl (C=O) groups is 1. The van der Waals surface area contributed by atoms with Gasteiger partial charge in [0, 0.05) is 6.54 Å². The molecule has 48 valence electrons. The molecule has 0 heterocycles. The molecule has 1 atom stereocenters. The summed E-state index contributed by atoms with van der Waals surface area (Å²) in [5, 5.41) is 18.9. The highest BCUT2D eigenvalue weighted by Gasteiger charge is 1.96. The summed E-state index contributed by atoms with van der Waals surface area (Å²) in [4.78, 5) is 9.52. The molecule has 0 fully saturated rings. The summed E-state index contributed by atoms with van der Waals surface area (Å²) < 4.78 is 0. The second-order valence-corrected chi connectivity index (χ2v) is 1.36. The average Bonchev–Trinajstić information content (AvgIpc) is 1.83. The van der Waals surface area contributed by atoms with Crippen molar-refractivity contribution in [3.05, 3.63) is 0 Å². The first kappa shape index (κ1) is 7.39. The van der Waals surface area contributed by atoms with Crippen molar-refractivity contribution in [2.45, 2.75) is 6.10 Å². The zero-order chi connectivity index (χ0) is 6.41. The molecule has 0 aromatic carbocycles. The molecular formula is C4H9NO3. The first-order valence-corrected chi connectivity index (χ1v) is 2.27. The van der Waals surface area contributed by atoms with Crippen LogP contribution in [0.5, 0.6) is 0 Å². The fraction of sp³-hybridized carbons (Fsp3) is 0.750. The molecule has 8 heavy (non-hydrogen) atoms. The molecule has 0 saturated carbocycles. The Labute approximate surface area is 47.1 Å². The maximum Gasteiger partial charge on any atom is 0.207 e. The van der Waals surface area contributed by atoms with Crippen LogP contribution in [0.25, 0.3) is 0 Å². The molecule has 0 radical (unpaired) electrons. The molecule has 3 N–H and O–H groups in total. The average molecular weight is 119 g/mol. The van der Waals surface area contributed by atoms with Crippen LogP contribution in [0.1, 0.15) is 0 Å². The number of nitrogens with one attached hydrogen (secondary N) is 1. The Kier molecular flexibility index (Phi) is 4.20. The highest BCUT2D eigenvalue weighted by molar-refractivity contribution is 5.45. The topological polar surface area (TPSA) is 69.6 Å². The van der Waals surface area contributed by atoms with Gasteiger partial charge in [0.05, 0.1) is 12.7 Å². The normalized spacial score (nSPS) is 12.8. The maximum atomic E-state index is 9.52. The summed E-state index contributed by atoms with van der Waals surface area (Å²) in [7, 11) is 0. The monoisotopic (exact) mass is 119 g/mol. The van der Waals surface area contributed by atoms with E-state index in [1.165, 1.54) is 0 Å². The van der Waals surface area contributed by atoms with Gasteiger partial charge in [-0.2, -0.15) is 0 Å². The predicted octanol–water partition coefficient (Wildman–Crippen LogP) is -1.91. The minimum absolute atomic E-state index is 0.111. The molecule has 0 rings (SSSR count). The van der Waals surface area contributed by atoms with E-state index < -0.39 is 6.10 Å². The molecule has 0 aliphatic rings. The van der Waals surface area contributed by atoms with Gasteiger partial charge in [-0.3, -0.25) is 4.79 Å². The van der Waals surface area contributed by atoms with Crippen LogP contribution in [0.2, 0.25) is 0 Å². The number of carbonyl (C=O) groups excluding carboxylic acids is 1. The van der Waals surface area contributed by atoms with Crippen LogP contribution in [0.4, 0.5) is 0 Å². The lowest BCUT2D eigenvalue weighted by Crippen LogP contribution is -2.28. The number of hydrogen-bond acceptors (Lipinski definition) is 3. The summed E-state index contributed by atoms with van der Waals surface area (Å²) in [5.74, 6) is 0. The van der Waals surface area contributed by atoms with Crippen molar-refractivity contribution >= 4 is 6.41 Å². The Hall–Kier alpha value is -0.610. The van der Waals surface area contributed by atoms with Gasteiger partial charge in [-0.15, -0.1) is 0 Å². The quantitative estimate of drug-likeness (QED) is 0.378. The van der Waals surface area contributed by atoms with Crippen molar-refractivity contribution in [2.24, 2.45) is 0 Å². The largest absolute Gasteiger partial charge is 0.394 e. The molecular weight excluding hydrogens is 110 g/mol. The summed E-state index contributed by atoms with van der Waals surface area (Å²) in [6, 6.07) is 0. The van der Waals surface area contributed by atoms with E-state index in [9.17, 15) is 4.79 Å². The standard InChI is InChI=1S/C4H9NO3/c6-2-4(8)1-5-3-7/h3-4,6,8H,1-2H2,(H,5,7)/t4-/m1/s1. The number of aliphatic hydroxyl groups excluding tert-OH is 2. The number of amides is 1. The van der Waals surface area contributed by atoms with E-state index in [2.05, 4.69) is 5.32 Å². The third kappa shape index (κ3) is 3.58. The second kappa shape index (κ2) is 4.55. The van der Waals surface area contributed by atoms with Gasteiger partial charge in [0.15, 0.2) is 0 Å². The smallest absolute Gasteiger partial charge is 0.207 e. The summed E-state index contributed by atoms with van der Waals surface area (Å²) >= 11 is 0. The van der Waals surface area contributed by atoms with Gasteiger partial charge in [0.2, 0.25) is 6.41 Å². The molecule has 4 nitrogen and oxygen atoms in total. The molecule has 4 heteroatoms. The lowest BCUT2D eigenvalue weighted by molar-refractivity contribution is -0.110. The van der Waals surface area contributed by atoms with Crippen molar-refractivity contribution < 1.29 is 15.0 Å². The molecule has 0 spiro atoms. The summed E-state index contributed by atoms with van der Waals surface area (Å²) in [5.41, 5.74) is 0. The van der Waals surface area contributed by atoms with Crippen LogP contribution in [0.15, 0.2) is 0 Å². The van der Waals surface area contributed by atoms with Gasteiger partial charge >= 0.3 is 0 Å². The van der Waals surface area contributed by atoms with Gasteiger partial charge in [0.25, 0.3) is 0 Å². The van der Waals surface area contributed by atoms with Gasteiger partial charge in [0.1, 0.15) is 0 Å². The van der Waals surface area contributed by atoms with Crippen LogP contribution in [-0.4, -0.2) is 35.9 Å². The predicted molar refractivity (Wildman–Crippen MR) is 27.2 cm³/mol. The van der Waals surface area contributed by atoms with Crippen LogP contribution >= 0.6 is 0 Å². The fourth-order valence-electron chi connectivity index (χ4n) is 0.249. The SMILES string of the molecule is O=CNC[C@@H](O)CO. The van der Waals surface area contributed by atoms with Crippen LogP contribution in [0, 0.1) is 0 Å². The van der Waals surface area contributed by atoms with Crippen molar-refractivity contribution in [3.63, 3.8) is 0 Å². The Bertz CT molecular complexity index is 66.3. The second-order valence-electron chi connectivity index (χ2n) is 1.36. The van der Waals surface area contributed by atoms with E-state index in [0.717, 1.165) is 0 Å². The van der Waals surface area contributed by atoms with E-state index in [1.54, 1.807) is 0 Å². The summed E-state index contributed by atoms with van der Waals surface area (Å²) in [6.07, 6.45) is -0.362. The van der Waals surface area contributed by atoms with Gasteiger partial charge in [-0.05, 0) is 0 Å². The zero-order valence-corrected chi connectivity index (χ0v) is 4.37. The minimum atomic E-state index is -0.833. The fourth-order valence-corrected chi connectivity index (χ4v) is 0.249. The van der Waals surface area contributed by atoms with E-state index >= 15 is 0 Å². The lowest BCUT2D eigenvalue weighted by Gasteiger charge is -2.02. The number of rotatable bonds is 4. The van der Waals surface area contributed by atoms with Crippen molar-refractivity contribution in [2.75, 3.05) is 13.2 Å². The Balaban J connectivity index is 2.97. The first-order valence-electron chi connectivity index (χ1n) is 2.27. The maximum absolute atomic E-state index is 9.52. The van der Waals surface area contributed by atoms with Crippen molar-refractivity contribution in [1.29, 1.82) is 0 Å². The molecule has 1 amide bonds. The first-order chi connectivity index (χ1) is 3.81. The van der Waals surface area contributed by atoms with Gasteiger partial charge < -0.3 is 15.5 Å². The molecule has 0 bridgehead atoms. The Morgan fingerprint density at radius 2 is 2.38 bits per heavy atom. The Morgan fingerprint density at radius 3 is 2.75 bits per heavy atom. The zero-order valence-electron chi connectivity index (χ0n) is 4.37. The van der Waals surface area contributed by atoms with Crippen LogP contribution < -0.4 is 5.32 Å². The van der Waals surface area contributed by atoms with Gasteiger partial charge in [-0.25, -0.2) is 0 Å². The third-order valence-electron chi connectivity index (χ3n) is 0.648. The molecule has 0 aliphatic carbocycles. The summed E-state index contributed by atoms with van der Waals surface area (Å²) in [6.45, 7) is -0.208. The molecule has 0 aliphatic heterocycles. The highest BCUT2D eigenvalue weighted by atomic mass is 16.3.